The molecule has 0 saturated carbocycles. The summed E-state index contributed by atoms with van der Waals surface area (Å²) in [5.74, 6) is 0.876. The molecule has 24 heavy (non-hydrogen) atoms. The smallest absolute Gasteiger partial charge is 0.304 e. The Bertz CT molecular complexity index is 599. The van der Waals surface area contributed by atoms with Crippen molar-refractivity contribution in [3.05, 3.63) is 60.2 Å². The van der Waals surface area contributed by atoms with E-state index in [1.165, 1.54) is 5.56 Å². The Morgan fingerprint density at radius 1 is 0.875 bits per heavy atom. The predicted octanol–water partition coefficient (Wildman–Crippen LogP) is 2.75. The highest BCUT2D eigenvalue weighted by Crippen LogP contribution is 2.13. The van der Waals surface area contributed by atoms with Gasteiger partial charge in [-0.2, -0.15) is 0 Å². The van der Waals surface area contributed by atoms with Crippen LogP contribution in [0, 0.1) is 0 Å². The van der Waals surface area contributed by atoms with Crippen LogP contribution < -0.4 is 14.8 Å². The van der Waals surface area contributed by atoms with Crippen LogP contribution in [-0.4, -0.2) is 37.4 Å². The van der Waals surface area contributed by atoms with E-state index in [-0.39, 0.29) is 6.42 Å². The SMILES string of the molecule is O=C(O)CCNCCc1ccc(OCCOc2ccccc2)cc1. The van der Waals surface area contributed by atoms with Crippen molar-refractivity contribution < 1.29 is 19.4 Å². The molecule has 0 amide bonds. The Balaban J connectivity index is 1.60. The monoisotopic (exact) mass is 329 g/mol. The van der Waals surface area contributed by atoms with Gasteiger partial charge in [-0.15, -0.1) is 0 Å². The summed E-state index contributed by atoms with van der Waals surface area (Å²) in [6.45, 7) is 2.25. The lowest BCUT2D eigenvalue weighted by Gasteiger charge is -2.09. The third-order valence-corrected chi connectivity index (χ3v) is 3.39. The first-order valence-corrected chi connectivity index (χ1v) is 8.06. The van der Waals surface area contributed by atoms with Gasteiger partial charge < -0.3 is 19.9 Å². The molecular weight excluding hydrogens is 306 g/mol. The standard InChI is InChI=1S/C19H23NO4/c21-19(22)11-13-20-12-10-16-6-8-18(9-7-16)24-15-14-23-17-4-2-1-3-5-17/h1-9,20H,10-15H2,(H,21,22). The maximum absolute atomic E-state index is 10.4. The van der Waals surface area contributed by atoms with Gasteiger partial charge in [-0.05, 0) is 42.8 Å². The molecule has 0 aliphatic rings. The first-order chi connectivity index (χ1) is 11.7. The number of hydrogen-bond acceptors (Lipinski definition) is 4. The van der Waals surface area contributed by atoms with Gasteiger partial charge in [-0.3, -0.25) is 4.79 Å². The first kappa shape index (κ1) is 17.8. The van der Waals surface area contributed by atoms with Crippen molar-refractivity contribution in [2.24, 2.45) is 0 Å². The molecule has 0 heterocycles. The number of carboxylic acid groups (broad SMARTS) is 1. The first-order valence-electron chi connectivity index (χ1n) is 8.06. The zero-order valence-electron chi connectivity index (χ0n) is 13.6. The van der Waals surface area contributed by atoms with Gasteiger partial charge in [0.2, 0.25) is 0 Å². The van der Waals surface area contributed by atoms with Crippen molar-refractivity contribution in [1.29, 1.82) is 0 Å². The Hall–Kier alpha value is -2.53. The van der Waals surface area contributed by atoms with Crippen LogP contribution in [0.4, 0.5) is 0 Å². The van der Waals surface area contributed by atoms with E-state index in [4.69, 9.17) is 14.6 Å². The van der Waals surface area contributed by atoms with Crippen LogP contribution in [0.5, 0.6) is 11.5 Å². The quantitative estimate of drug-likeness (QED) is 0.621. The highest BCUT2D eigenvalue weighted by molar-refractivity contribution is 5.66. The molecule has 2 aromatic carbocycles. The largest absolute Gasteiger partial charge is 0.490 e. The lowest BCUT2D eigenvalue weighted by Crippen LogP contribution is -2.20. The van der Waals surface area contributed by atoms with Crippen LogP contribution >= 0.6 is 0 Å². The second-order valence-electron chi connectivity index (χ2n) is 5.30. The number of rotatable bonds is 11. The van der Waals surface area contributed by atoms with Gasteiger partial charge in [0.1, 0.15) is 24.7 Å². The topological polar surface area (TPSA) is 67.8 Å². The number of hydrogen-bond donors (Lipinski definition) is 2. The Labute approximate surface area is 142 Å². The van der Waals surface area contributed by atoms with E-state index >= 15 is 0 Å². The average Bonchev–Trinajstić information content (AvgIpc) is 2.60. The maximum atomic E-state index is 10.4. The Kier molecular flexibility index (Phi) is 7.63. The normalized spacial score (nSPS) is 10.3. The summed E-state index contributed by atoms with van der Waals surface area (Å²) < 4.78 is 11.2. The van der Waals surface area contributed by atoms with Crippen LogP contribution in [0.25, 0.3) is 0 Å². The molecule has 128 valence electrons. The minimum atomic E-state index is -0.778. The van der Waals surface area contributed by atoms with Crippen molar-refractivity contribution in [2.75, 3.05) is 26.3 Å². The molecule has 0 bridgehead atoms. The van der Waals surface area contributed by atoms with Crippen LogP contribution in [-0.2, 0) is 11.2 Å². The summed E-state index contributed by atoms with van der Waals surface area (Å²) in [5.41, 5.74) is 1.19. The lowest BCUT2D eigenvalue weighted by atomic mass is 10.1. The fourth-order valence-corrected chi connectivity index (χ4v) is 2.14. The molecule has 2 rings (SSSR count). The van der Waals surface area contributed by atoms with Crippen molar-refractivity contribution in [2.45, 2.75) is 12.8 Å². The molecule has 0 fully saturated rings. The van der Waals surface area contributed by atoms with Crippen LogP contribution in [0.3, 0.4) is 0 Å². The molecule has 0 aliphatic heterocycles. The van der Waals surface area contributed by atoms with Gasteiger partial charge in [0.15, 0.2) is 0 Å². The molecule has 0 saturated heterocycles. The van der Waals surface area contributed by atoms with Crippen molar-refractivity contribution >= 4 is 5.97 Å². The third-order valence-electron chi connectivity index (χ3n) is 3.39. The van der Waals surface area contributed by atoms with Crippen molar-refractivity contribution in [1.82, 2.24) is 5.32 Å². The number of para-hydroxylation sites is 1. The lowest BCUT2D eigenvalue weighted by molar-refractivity contribution is -0.136. The number of ether oxygens (including phenoxy) is 2. The van der Waals surface area contributed by atoms with E-state index in [0.717, 1.165) is 24.5 Å². The number of benzene rings is 2. The van der Waals surface area contributed by atoms with Crippen LogP contribution in [0.15, 0.2) is 54.6 Å². The van der Waals surface area contributed by atoms with E-state index < -0.39 is 5.97 Å². The molecule has 0 spiro atoms. The van der Waals surface area contributed by atoms with Gasteiger partial charge >= 0.3 is 5.97 Å². The Morgan fingerprint density at radius 3 is 2.12 bits per heavy atom. The van der Waals surface area contributed by atoms with E-state index in [1.807, 2.05) is 54.6 Å². The average molecular weight is 329 g/mol. The summed E-state index contributed by atoms with van der Waals surface area (Å²) in [6.07, 6.45) is 1.01. The van der Waals surface area contributed by atoms with E-state index in [0.29, 0.717) is 19.8 Å². The predicted molar refractivity (Wildman–Crippen MR) is 92.7 cm³/mol. The molecule has 0 unspecified atom stereocenters. The molecule has 0 aliphatic carbocycles. The number of carbonyl (C=O) groups is 1. The summed E-state index contributed by atoms with van der Waals surface area (Å²) in [7, 11) is 0. The second kappa shape index (κ2) is 10.3. The van der Waals surface area contributed by atoms with E-state index in [1.54, 1.807) is 0 Å². The minimum absolute atomic E-state index is 0.151. The highest BCUT2D eigenvalue weighted by atomic mass is 16.5. The Morgan fingerprint density at radius 2 is 1.50 bits per heavy atom. The number of nitrogens with one attached hydrogen (secondary N) is 1. The molecule has 0 atom stereocenters. The van der Waals surface area contributed by atoms with Gasteiger partial charge in [0, 0.05) is 6.54 Å². The molecular formula is C19H23NO4. The zero-order chi connectivity index (χ0) is 17.0. The van der Waals surface area contributed by atoms with Gasteiger partial charge in [-0.1, -0.05) is 30.3 Å². The molecule has 0 aromatic heterocycles. The van der Waals surface area contributed by atoms with E-state index in [2.05, 4.69) is 5.32 Å². The molecule has 5 heteroatoms. The van der Waals surface area contributed by atoms with Gasteiger partial charge in [0.05, 0.1) is 6.42 Å². The molecule has 2 N–H and O–H groups in total. The maximum Gasteiger partial charge on any atom is 0.304 e. The van der Waals surface area contributed by atoms with Gasteiger partial charge in [-0.25, -0.2) is 0 Å². The summed E-state index contributed by atoms with van der Waals surface area (Å²) in [6, 6.07) is 17.6. The summed E-state index contributed by atoms with van der Waals surface area (Å²) >= 11 is 0. The van der Waals surface area contributed by atoms with Crippen molar-refractivity contribution in [3.63, 3.8) is 0 Å². The van der Waals surface area contributed by atoms with Gasteiger partial charge in [0.25, 0.3) is 0 Å². The third kappa shape index (κ3) is 7.15. The zero-order valence-corrected chi connectivity index (χ0v) is 13.6. The highest BCUT2D eigenvalue weighted by Gasteiger charge is 1.99. The minimum Gasteiger partial charge on any atom is -0.490 e. The van der Waals surface area contributed by atoms with Crippen LogP contribution in [0.1, 0.15) is 12.0 Å². The fraction of sp³-hybridized carbons (Fsp3) is 0.316. The van der Waals surface area contributed by atoms with Crippen LogP contribution in [0.2, 0.25) is 0 Å². The molecule has 2 aromatic rings. The number of aliphatic carboxylic acids is 1. The summed E-state index contributed by atoms with van der Waals surface area (Å²) in [4.78, 5) is 10.4. The molecule has 5 nitrogen and oxygen atoms in total. The molecule has 0 radical (unpaired) electrons. The van der Waals surface area contributed by atoms with E-state index in [9.17, 15) is 4.79 Å². The second-order valence-corrected chi connectivity index (χ2v) is 5.30. The summed E-state index contributed by atoms with van der Waals surface area (Å²) in [5, 5.41) is 11.7. The number of carboxylic acids is 1. The van der Waals surface area contributed by atoms with Crippen molar-refractivity contribution in [3.8, 4) is 11.5 Å². The fourth-order valence-electron chi connectivity index (χ4n) is 2.14.